The highest BCUT2D eigenvalue weighted by molar-refractivity contribution is 5.20. The average molecular weight is 465 g/mol. The van der Waals surface area contributed by atoms with E-state index in [1.165, 1.54) is 0 Å². The van der Waals surface area contributed by atoms with Crippen LogP contribution in [0.3, 0.4) is 0 Å². The van der Waals surface area contributed by atoms with Crippen LogP contribution >= 0.6 is 0 Å². The summed E-state index contributed by atoms with van der Waals surface area (Å²) in [6.07, 6.45) is 3.67. The standard InChI is InChI=1S/C27H44O6/c1-14-5-10-27(32-13-14)15(2)21-20(33-27)11-18-16-6-9-26(31)12-19(28)22(29)23(30)25(26,4)17(16)7-8-24(18,21)3/h14-23,28-31H,5-13H2,1-4H3/t14?,15?,16?,17?,18?,19?,20?,21?,22-,23-,24+,25+,26+,27?/m1/s1. The largest absolute Gasteiger partial charge is 0.390 e. The SMILES string of the molecule is CC1CCC2(OC1)OC1CC3C4CC[C@]5(O)CC(O)[C@@H](O)[C@@H](O)[C@]5(C)C4CC[C@]3(C)C1C2C. The van der Waals surface area contributed by atoms with Crippen LogP contribution in [0.15, 0.2) is 0 Å². The van der Waals surface area contributed by atoms with Gasteiger partial charge >= 0.3 is 0 Å². The molecule has 9 unspecified atom stereocenters. The van der Waals surface area contributed by atoms with Crippen LogP contribution in [0.25, 0.3) is 0 Å². The van der Waals surface area contributed by atoms with Crippen molar-refractivity contribution in [3.63, 3.8) is 0 Å². The lowest BCUT2D eigenvalue weighted by Crippen LogP contribution is -2.71. The molecular weight excluding hydrogens is 420 g/mol. The molecule has 0 aromatic carbocycles. The Kier molecular flexibility index (Phi) is 5.03. The minimum Gasteiger partial charge on any atom is -0.390 e. The van der Waals surface area contributed by atoms with Gasteiger partial charge in [-0.1, -0.05) is 27.7 Å². The van der Waals surface area contributed by atoms with Gasteiger partial charge in [0.15, 0.2) is 5.79 Å². The van der Waals surface area contributed by atoms with Crippen LogP contribution < -0.4 is 0 Å². The van der Waals surface area contributed by atoms with Crippen molar-refractivity contribution in [3.8, 4) is 0 Å². The second kappa shape index (κ2) is 7.17. The third kappa shape index (κ3) is 2.77. The quantitative estimate of drug-likeness (QED) is 0.440. The van der Waals surface area contributed by atoms with E-state index in [9.17, 15) is 20.4 Å². The number of hydrogen-bond donors (Lipinski definition) is 4. The highest BCUT2D eigenvalue weighted by Crippen LogP contribution is 2.71. The second-order valence-corrected chi connectivity index (χ2v) is 13.5. The summed E-state index contributed by atoms with van der Waals surface area (Å²) in [6, 6.07) is 0. The highest BCUT2D eigenvalue weighted by Gasteiger charge is 2.72. The van der Waals surface area contributed by atoms with Gasteiger partial charge in [-0.2, -0.15) is 0 Å². The third-order valence-electron chi connectivity index (χ3n) is 12.2. The van der Waals surface area contributed by atoms with E-state index in [1.54, 1.807) is 0 Å². The molecule has 0 bridgehead atoms. The molecule has 1 spiro atoms. The van der Waals surface area contributed by atoms with Crippen LogP contribution in [-0.4, -0.2) is 62.8 Å². The van der Waals surface area contributed by atoms with Crippen molar-refractivity contribution in [2.24, 2.45) is 46.3 Å². The third-order valence-corrected chi connectivity index (χ3v) is 12.2. The van der Waals surface area contributed by atoms with Crippen molar-refractivity contribution < 1.29 is 29.9 Å². The van der Waals surface area contributed by atoms with E-state index in [-0.39, 0.29) is 23.9 Å². The van der Waals surface area contributed by atoms with Gasteiger partial charge in [-0.15, -0.1) is 0 Å². The fourth-order valence-electron chi connectivity index (χ4n) is 10.3. The first-order valence-electron chi connectivity index (χ1n) is 13.6. The zero-order valence-corrected chi connectivity index (χ0v) is 20.7. The number of aliphatic hydroxyl groups excluding tert-OH is 3. The Labute approximate surface area is 198 Å². The van der Waals surface area contributed by atoms with Gasteiger partial charge in [0.25, 0.3) is 0 Å². The maximum absolute atomic E-state index is 11.7. The molecular formula is C27H44O6. The van der Waals surface area contributed by atoms with Gasteiger partial charge in [-0.3, -0.25) is 0 Å². The summed E-state index contributed by atoms with van der Waals surface area (Å²) in [5.41, 5.74) is -1.76. The summed E-state index contributed by atoms with van der Waals surface area (Å²) in [7, 11) is 0. The molecule has 6 nitrogen and oxygen atoms in total. The fourth-order valence-corrected chi connectivity index (χ4v) is 10.3. The molecule has 14 atom stereocenters. The molecule has 0 amide bonds. The Bertz CT molecular complexity index is 795. The van der Waals surface area contributed by atoms with Crippen molar-refractivity contribution in [2.45, 2.75) is 115 Å². The van der Waals surface area contributed by atoms with E-state index in [1.807, 2.05) is 6.92 Å². The van der Waals surface area contributed by atoms with Gasteiger partial charge in [-0.05, 0) is 73.5 Å². The predicted molar refractivity (Wildman–Crippen MR) is 122 cm³/mol. The zero-order chi connectivity index (χ0) is 23.6. The molecule has 0 aromatic rings. The first-order valence-corrected chi connectivity index (χ1v) is 13.6. The smallest absolute Gasteiger partial charge is 0.171 e. The predicted octanol–water partition coefficient (Wildman–Crippen LogP) is 2.85. The van der Waals surface area contributed by atoms with E-state index in [4.69, 9.17) is 9.47 Å². The molecule has 0 radical (unpaired) electrons. The van der Waals surface area contributed by atoms with Crippen molar-refractivity contribution in [1.29, 1.82) is 0 Å². The normalized spacial score (nSPS) is 64.7. The molecule has 188 valence electrons. The van der Waals surface area contributed by atoms with Crippen LogP contribution in [0.1, 0.15) is 79.1 Å². The van der Waals surface area contributed by atoms with E-state index in [0.29, 0.717) is 36.0 Å². The van der Waals surface area contributed by atoms with Crippen molar-refractivity contribution in [1.82, 2.24) is 0 Å². The molecule has 4 aliphatic carbocycles. The summed E-state index contributed by atoms with van der Waals surface area (Å²) < 4.78 is 13.2. The molecule has 33 heavy (non-hydrogen) atoms. The number of hydrogen-bond acceptors (Lipinski definition) is 6. The van der Waals surface area contributed by atoms with Gasteiger partial charge in [0, 0.05) is 24.2 Å². The molecule has 6 rings (SSSR count). The van der Waals surface area contributed by atoms with Crippen LogP contribution in [-0.2, 0) is 9.47 Å². The molecule has 6 aliphatic rings. The maximum Gasteiger partial charge on any atom is 0.171 e. The summed E-state index contributed by atoms with van der Waals surface area (Å²) in [6.45, 7) is 9.85. The van der Waals surface area contributed by atoms with Crippen LogP contribution in [0, 0.1) is 46.3 Å². The molecule has 6 fully saturated rings. The van der Waals surface area contributed by atoms with Gasteiger partial charge in [0.05, 0.1) is 30.5 Å². The van der Waals surface area contributed by atoms with E-state index >= 15 is 0 Å². The van der Waals surface area contributed by atoms with Crippen LogP contribution in [0.2, 0.25) is 0 Å². The van der Waals surface area contributed by atoms with Gasteiger partial charge in [0.1, 0.15) is 6.10 Å². The van der Waals surface area contributed by atoms with E-state index < -0.39 is 35.1 Å². The number of ether oxygens (including phenoxy) is 2. The lowest BCUT2D eigenvalue weighted by atomic mass is 9.42. The molecule has 0 aromatic heterocycles. The van der Waals surface area contributed by atoms with E-state index in [2.05, 4.69) is 20.8 Å². The van der Waals surface area contributed by atoms with Gasteiger partial charge in [-0.25, -0.2) is 0 Å². The maximum atomic E-state index is 11.7. The van der Waals surface area contributed by atoms with Crippen molar-refractivity contribution >= 4 is 0 Å². The van der Waals surface area contributed by atoms with Gasteiger partial charge < -0.3 is 29.9 Å². The Balaban J connectivity index is 1.30. The molecule has 6 heteroatoms. The first kappa shape index (κ1) is 23.2. The summed E-state index contributed by atoms with van der Waals surface area (Å²) in [5.74, 6) is 2.07. The van der Waals surface area contributed by atoms with E-state index in [0.717, 1.165) is 45.1 Å². The Morgan fingerprint density at radius 3 is 2.36 bits per heavy atom. The molecule has 2 saturated heterocycles. The fraction of sp³-hybridized carbons (Fsp3) is 1.00. The Morgan fingerprint density at radius 2 is 1.67 bits per heavy atom. The minimum atomic E-state index is -1.20. The average Bonchev–Trinajstić information content (AvgIpc) is 3.21. The number of rotatable bonds is 0. The number of aliphatic hydroxyl groups is 4. The summed E-state index contributed by atoms with van der Waals surface area (Å²) in [5, 5.41) is 43.8. The van der Waals surface area contributed by atoms with Gasteiger partial charge in [0.2, 0.25) is 0 Å². The number of fused-ring (bicyclic) bond motifs is 7. The molecule has 2 heterocycles. The highest BCUT2D eigenvalue weighted by atomic mass is 16.7. The molecule has 4 N–H and O–H groups in total. The van der Waals surface area contributed by atoms with Crippen LogP contribution in [0.4, 0.5) is 0 Å². The first-order chi connectivity index (χ1) is 15.5. The Morgan fingerprint density at radius 1 is 0.909 bits per heavy atom. The topological polar surface area (TPSA) is 99.4 Å². The van der Waals surface area contributed by atoms with Crippen LogP contribution in [0.5, 0.6) is 0 Å². The lowest BCUT2D eigenvalue weighted by Gasteiger charge is -2.66. The monoisotopic (exact) mass is 464 g/mol. The Hall–Kier alpha value is -0.240. The molecule has 2 aliphatic heterocycles. The lowest BCUT2D eigenvalue weighted by molar-refractivity contribution is -0.290. The summed E-state index contributed by atoms with van der Waals surface area (Å²) in [4.78, 5) is 0. The molecule has 4 saturated carbocycles. The van der Waals surface area contributed by atoms with Crippen molar-refractivity contribution in [2.75, 3.05) is 6.61 Å². The second-order valence-electron chi connectivity index (χ2n) is 13.5. The van der Waals surface area contributed by atoms with Crippen molar-refractivity contribution in [3.05, 3.63) is 0 Å². The summed E-state index contributed by atoms with van der Waals surface area (Å²) >= 11 is 0. The minimum absolute atomic E-state index is 0.140. The zero-order valence-electron chi connectivity index (χ0n) is 20.7.